The highest BCUT2D eigenvalue weighted by Gasteiger charge is 2.21. The van der Waals surface area contributed by atoms with Gasteiger partial charge in [-0.15, -0.1) is 0 Å². The summed E-state index contributed by atoms with van der Waals surface area (Å²) in [5.74, 6) is 0.161. The molecule has 0 fully saturated rings. The summed E-state index contributed by atoms with van der Waals surface area (Å²) in [5, 5.41) is 29.9. The summed E-state index contributed by atoms with van der Waals surface area (Å²) >= 11 is 0. The van der Waals surface area contributed by atoms with Crippen LogP contribution in [0.5, 0.6) is 5.75 Å². The average Bonchev–Trinajstić information content (AvgIpc) is 2.36. The zero-order chi connectivity index (χ0) is 12.4. The summed E-state index contributed by atoms with van der Waals surface area (Å²) in [6, 6.07) is 6.09. The monoisotopic (exact) mass is 234 g/mol. The Morgan fingerprint density at radius 2 is 2.24 bits per heavy atom. The number of rotatable bonds is 2. The highest BCUT2D eigenvalue weighted by Crippen LogP contribution is 2.31. The maximum atomic E-state index is 11.0. The summed E-state index contributed by atoms with van der Waals surface area (Å²) in [6.45, 7) is -0.0899. The minimum atomic E-state index is -1.49. The number of carbonyl (C=O) groups excluding carboxylic acids is 1. The van der Waals surface area contributed by atoms with Gasteiger partial charge < -0.3 is 20.3 Å². The number of benzene rings is 1. The van der Waals surface area contributed by atoms with Crippen molar-refractivity contribution in [3.05, 3.63) is 23.8 Å². The van der Waals surface area contributed by atoms with Crippen molar-refractivity contribution < 1.29 is 19.7 Å². The average molecular weight is 234 g/mol. The van der Waals surface area contributed by atoms with Crippen LogP contribution >= 0.6 is 0 Å². The van der Waals surface area contributed by atoms with Gasteiger partial charge in [-0.1, -0.05) is 6.07 Å². The molecular weight excluding hydrogens is 224 g/mol. The van der Waals surface area contributed by atoms with Crippen molar-refractivity contribution in [2.24, 2.45) is 0 Å². The molecule has 1 aliphatic heterocycles. The summed E-state index contributed by atoms with van der Waals surface area (Å²) in [5.41, 5.74) is 0.859. The molecule has 0 saturated carbocycles. The minimum Gasteiger partial charge on any atom is -0.482 e. The molecular formula is C11H10N2O4. The zero-order valence-corrected chi connectivity index (χ0v) is 8.75. The van der Waals surface area contributed by atoms with E-state index < -0.39 is 12.2 Å². The predicted molar refractivity (Wildman–Crippen MR) is 57.1 cm³/mol. The van der Waals surface area contributed by atoms with E-state index >= 15 is 0 Å². The van der Waals surface area contributed by atoms with Crippen LogP contribution in [-0.4, -0.2) is 28.8 Å². The SMILES string of the molecule is N#CC(O)C(O)c1ccc2c(c1)OCC(=O)N2. The van der Waals surface area contributed by atoms with Gasteiger partial charge >= 0.3 is 0 Å². The number of amides is 1. The molecule has 1 aliphatic rings. The van der Waals surface area contributed by atoms with Crippen LogP contribution in [0.25, 0.3) is 0 Å². The van der Waals surface area contributed by atoms with Crippen molar-refractivity contribution >= 4 is 11.6 Å². The molecule has 2 atom stereocenters. The number of hydrogen-bond acceptors (Lipinski definition) is 5. The van der Waals surface area contributed by atoms with Crippen LogP contribution in [0.3, 0.4) is 0 Å². The van der Waals surface area contributed by atoms with Gasteiger partial charge in [0.05, 0.1) is 11.8 Å². The topological polar surface area (TPSA) is 103 Å². The summed E-state index contributed by atoms with van der Waals surface area (Å²) < 4.78 is 5.15. The van der Waals surface area contributed by atoms with Crippen LogP contribution < -0.4 is 10.1 Å². The largest absolute Gasteiger partial charge is 0.482 e. The molecule has 0 bridgehead atoms. The van der Waals surface area contributed by atoms with E-state index in [0.29, 0.717) is 17.0 Å². The van der Waals surface area contributed by atoms with Gasteiger partial charge in [0, 0.05) is 0 Å². The van der Waals surface area contributed by atoms with Gasteiger partial charge in [-0.2, -0.15) is 5.26 Å². The van der Waals surface area contributed by atoms with E-state index in [9.17, 15) is 15.0 Å². The normalized spacial score (nSPS) is 17.1. The Labute approximate surface area is 97.1 Å². The molecule has 0 aliphatic carbocycles. The zero-order valence-electron chi connectivity index (χ0n) is 8.75. The van der Waals surface area contributed by atoms with Gasteiger partial charge in [-0.05, 0) is 17.7 Å². The number of carbonyl (C=O) groups is 1. The van der Waals surface area contributed by atoms with E-state index in [0.717, 1.165) is 0 Å². The van der Waals surface area contributed by atoms with Crippen LogP contribution in [0.15, 0.2) is 18.2 Å². The lowest BCUT2D eigenvalue weighted by Crippen LogP contribution is -2.25. The molecule has 1 aromatic carbocycles. The first-order valence-electron chi connectivity index (χ1n) is 4.94. The number of hydrogen-bond donors (Lipinski definition) is 3. The second-order valence-electron chi connectivity index (χ2n) is 3.61. The molecule has 88 valence electrons. The first-order chi connectivity index (χ1) is 8.11. The van der Waals surface area contributed by atoms with E-state index in [1.807, 2.05) is 0 Å². The lowest BCUT2D eigenvalue weighted by molar-refractivity contribution is -0.118. The fourth-order valence-corrected chi connectivity index (χ4v) is 1.53. The number of nitriles is 1. The van der Waals surface area contributed by atoms with Crippen molar-refractivity contribution in [2.75, 3.05) is 11.9 Å². The molecule has 1 heterocycles. The summed E-state index contributed by atoms with van der Waals surface area (Å²) in [4.78, 5) is 11.0. The molecule has 1 aromatic rings. The van der Waals surface area contributed by atoms with Crippen molar-refractivity contribution in [1.82, 2.24) is 0 Å². The molecule has 6 nitrogen and oxygen atoms in total. The highest BCUT2D eigenvalue weighted by atomic mass is 16.5. The van der Waals surface area contributed by atoms with E-state index in [2.05, 4.69) is 5.32 Å². The highest BCUT2D eigenvalue weighted by molar-refractivity contribution is 5.95. The van der Waals surface area contributed by atoms with Crippen LogP contribution in [0.4, 0.5) is 5.69 Å². The van der Waals surface area contributed by atoms with Gasteiger partial charge in [0.15, 0.2) is 12.7 Å². The second-order valence-corrected chi connectivity index (χ2v) is 3.61. The van der Waals surface area contributed by atoms with Crippen molar-refractivity contribution in [2.45, 2.75) is 12.2 Å². The molecule has 0 spiro atoms. The molecule has 0 aromatic heterocycles. The molecule has 0 saturated heterocycles. The third-order valence-corrected chi connectivity index (χ3v) is 2.41. The van der Waals surface area contributed by atoms with Crippen LogP contribution in [0.2, 0.25) is 0 Å². The van der Waals surface area contributed by atoms with Gasteiger partial charge in [-0.25, -0.2) is 0 Å². The van der Waals surface area contributed by atoms with E-state index in [-0.39, 0.29) is 12.5 Å². The Balaban J connectivity index is 2.28. The van der Waals surface area contributed by atoms with Crippen LogP contribution in [0, 0.1) is 11.3 Å². The fourth-order valence-electron chi connectivity index (χ4n) is 1.53. The molecule has 0 radical (unpaired) electrons. The number of nitrogens with zero attached hydrogens (tertiary/aromatic N) is 1. The Bertz CT molecular complexity index is 495. The quantitative estimate of drug-likeness (QED) is 0.622. The number of nitrogens with one attached hydrogen (secondary N) is 1. The standard InChI is InChI=1S/C11H10N2O4/c12-4-8(14)11(16)6-1-2-7-9(3-6)17-5-10(15)13-7/h1-3,8,11,14,16H,5H2,(H,13,15). The van der Waals surface area contributed by atoms with Crippen LogP contribution in [0.1, 0.15) is 11.7 Å². The van der Waals surface area contributed by atoms with E-state index in [1.54, 1.807) is 12.1 Å². The lowest BCUT2D eigenvalue weighted by atomic mass is 10.0. The first kappa shape index (κ1) is 11.4. The van der Waals surface area contributed by atoms with Crippen molar-refractivity contribution in [3.8, 4) is 11.8 Å². The van der Waals surface area contributed by atoms with Crippen molar-refractivity contribution in [3.63, 3.8) is 0 Å². The smallest absolute Gasteiger partial charge is 0.262 e. The minimum absolute atomic E-state index is 0.0899. The lowest BCUT2D eigenvalue weighted by Gasteiger charge is -2.20. The maximum absolute atomic E-state index is 11.0. The number of aliphatic hydroxyl groups excluding tert-OH is 2. The van der Waals surface area contributed by atoms with Gasteiger partial charge in [0.1, 0.15) is 11.9 Å². The van der Waals surface area contributed by atoms with Crippen molar-refractivity contribution in [1.29, 1.82) is 5.26 Å². The fraction of sp³-hybridized carbons (Fsp3) is 0.273. The number of anilines is 1. The molecule has 1 amide bonds. The third kappa shape index (κ3) is 2.20. The first-order valence-corrected chi connectivity index (χ1v) is 4.94. The Hall–Kier alpha value is -2.10. The summed E-state index contributed by atoms with van der Waals surface area (Å²) in [6.07, 6.45) is -2.79. The number of fused-ring (bicyclic) bond motifs is 1. The molecule has 6 heteroatoms. The third-order valence-electron chi connectivity index (χ3n) is 2.41. The Morgan fingerprint density at radius 3 is 2.94 bits per heavy atom. The molecule has 2 rings (SSSR count). The van der Waals surface area contributed by atoms with Gasteiger partial charge in [0.2, 0.25) is 0 Å². The number of aliphatic hydroxyl groups is 2. The van der Waals surface area contributed by atoms with E-state index in [1.165, 1.54) is 12.1 Å². The van der Waals surface area contributed by atoms with E-state index in [4.69, 9.17) is 10.00 Å². The Morgan fingerprint density at radius 1 is 1.47 bits per heavy atom. The Kier molecular flexibility index (Phi) is 2.95. The summed E-state index contributed by atoms with van der Waals surface area (Å²) in [7, 11) is 0. The molecule has 2 unspecified atom stereocenters. The van der Waals surface area contributed by atoms with Gasteiger partial charge in [0.25, 0.3) is 5.91 Å². The predicted octanol–water partition coefficient (Wildman–Crippen LogP) is -0.0646. The maximum Gasteiger partial charge on any atom is 0.262 e. The number of ether oxygens (including phenoxy) is 1. The molecule has 17 heavy (non-hydrogen) atoms. The van der Waals surface area contributed by atoms with Gasteiger partial charge in [-0.3, -0.25) is 4.79 Å². The second kappa shape index (κ2) is 4.41. The van der Waals surface area contributed by atoms with Crippen LogP contribution in [-0.2, 0) is 4.79 Å². The molecule has 3 N–H and O–H groups in total.